The number of carbonyl (C=O) groups is 2. The molecule has 3 aromatic carbocycles. The van der Waals surface area contributed by atoms with Gasteiger partial charge in [-0.3, -0.25) is 19.7 Å². The maximum atomic E-state index is 13.4. The van der Waals surface area contributed by atoms with Crippen LogP contribution in [0.1, 0.15) is 29.7 Å². The van der Waals surface area contributed by atoms with E-state index in [1.54, 1.807) is 20.1 Å². The van der Waals surface area contributed by atoms with E-state index in [1.165, 1.54) is 41.3 Å². The van der Waals surface area contributed by atoms with Gasteiger partial charge in [-0.2, -0.15) is 0 Å². The Morgan fingerprint density at radius 3 is 2.54 bits per heavy atom. The number of aromatic hydroxyl groups is 1. The average molecular weight is 558 g/mol. The van der Waals surface area contributed by atoms with Crippen LogP contribution in [-0.4, -0.2) is 57.0 Å². The average Bonchev–Trinajstić information content (AvgIpc) is 3.49. The zero-order chi connectivity index (χ0) is 29.3. The topological polar surface area (TPSA) is 155 Å². The van der Waals surface area contributed by atoms with Crippen LogP contribution >= 0.6 is 0 Å². The van der Waals surface area contributed by atoms with Gasteiger partial charge in [0.25, 0.3) is 17.4 Å². The summed E-state index contributed by atoms with van der Waals surface area (Å²) in [6.45, 7) is 2.15. The Bertz CT molecular complexity index is 1690. The number of nitrogens with one attached hydrogen (secondary N) is 1. The number of nitro groups is 1. The number of H-pyrrole nitrogens is 1. The van der Waals surface area contributed by atoms with E-state index in [0.717, 1.165) is 16.5 Å². The van der Waals surface area contributed by atoms with Crippen molar-refractivity contribution >= 4 is 34.0 Å². The van der Waals surface area contributed by atoms with Crippen molar-refractivity contribution in [3.63, 3.8) is 0 Å². The molecule has 1 unspecified atom stereocenters. The van der Waals surface area contributed by atoms with Crippen LogP contribution in [-0.2, 0) is 16.0 Å². The molecule has 1 aliphatic heterocycles. The lowest BCUT2D eigenvalue weighted by atomic mass is 9.94. The quantitative estimate of drug-likeness (QED) is 0.0867. The fourth-order valence-electron chi connectivity index (χ4n) is 5.06. The highest BCUT2D eigenvalue weighted by atomic mass is 16.6. The van der Waals surface area contributed by atoms with E-state index in [4.69, 9.17) is 9.47 Å². The number of aliphatic hydroxyl groups is 1. The zero-order valence-electron chi connectivity index (χ0n) is 22.3. The van der Waals surface area contributed by atoms with E-state index < -0.39 is 28.4 Å². The van der Waals surface area contributed by atoms with Crippen LogP contribution in [0.25, 0.3) is 16.7 Å². The highest BCUT2D eigenvalue weighted by Gasteiger charge is 2.46. The predicted octanol–water partition coefficient (Wildman–Crippen LogP) is 4.85. The van der Waals surface area contributed by atoms with Crippen LogP contribution in [0.15, 0.2) is 72.4 Å². The largest absolute Gasteiger partial charge is 0.507 e. The number of hydrogen-bond donors (Lipinski definition) is 3. The molecule has 1 saturated heterocycles. The third kappa shape index (κ3) is 5.05. The summed E-state index contributed by atoms with van der Waals surface area (Å²) in [6, 6.07) is 14.1. The summed E-state index contributed by atoms with van der Waals surface area (Å²) in [6.07, 6.45) is 2.21. The summed E-state index contributed by atoms with van der Waals surface area (Å²) in [4.78, 5) is 41.9. The number of rotatable bonds is 9. The van der Waals surface area contributed by atoms with Crippen molar-refractivity contribution in [2.45, 2.75) is 19.4 Å². The van der Waals surface area contributed by atoms with Gasteiger partial charge in [-0.15, -0.1) is 0 Å². The number of non-ortho nitro benzene ring substituents is 1. The summed E-state index contributed by atoms with van der Waals surface area (Å²) in [5.41, 5.74) is 2.01. The molecule has 11 heteroatoms. The van der Waals surface area contributed by atoms with Gasteiger partial charge in [0.05, 0.1) is 30.3 Å². The number of methoxy groups -OCH3 is 1. The van der Waals surface area contributed by atoms with Crippen molar-refractivity contribution in [3.05, 3.63) is 99.2 Å². The first-order chi connectivity index (χ1) is 19.7. The molecule has 5 rings (SSSR count). The molecule has 11 nitrogen and oxygen atoms in total. The van der Waals surface area contributed by atoms with Crippen LogP contribution in [0.3, 0.4) is 0 Å². The number of phenols is 1. The minimum absolute atomic E-state index is 0.115. The molecular formula is C30H27N3O8. The smallest absolute Gasteiger partial charge is 0.295 e. The van der Waals surface area contributed by atoms with E-state index in [9.17, 15) is 29.9 Å². The lowest BCUT2D eigenvalue weighted by molar-refractivity contribution is -0.384. The van der Waals surface area contributed by atoms with E-state index in [0.29, 0.717) is 17.7 Å². The number of phenolic OH excluding ortho intramolecular Hbond substituents is 1. The Balaban J connectivity index is 1.58. The summed E-state index contributed by atoms with van der Waals surface area (Å²) >= 11 is 0. The molecule has 1 amide bonds. The number of carbonyl (C=O) groups excluding carboxylic acids is 2. The van der Waals surface area contributed by atoms with Gasteiger partial charge >= 0.3 is 0 Å². The molecule has 2 heterocycles. The van der Waals surface area contributed by atoms with E-state index in [1.807, 2.05) is 24.4 Å². The second-order valence-corrected chi connectivity index (χ2v) is 9.43. The Morgan fingerprint density at radius 1 is 1.10 bits per heavy atom. The highest BCUT2D eigenvalue weighted by molar-refractivity contribution is 6.46. The minimum atomic E-state index is -1.01. The summed E-state index contributed by atoms with van der Waals surface area (Å²) in [7, 11) is 1.58. The number of hydrogen-bond acceptors (Lipinski definition) is 8. The Labute approximate surface area is 234 Å². The molecule has 0 spiro atoms. The number of fused-ring (bicyclic) bond motifs is 1. The van der Waals surface area contributed by atoms with Crippen LogP contribution < -0.4 is 9.47 Å². The van der Waals surface area contributed by atoms with Gasteiger partial charge in [-0.25, -0.2) is 0 Å². The number of likely N-dealkylation sites (tertiary alicyclic amines) is 1. The molecule has 4 aromatic rings. The van der Waals surface area contributed by atoms with Gasteiger partial charge in [0.1, 0.15) is 11.5 Å². The molecular weight excluding hydrogens is 530 g/mol. The summed E-state index contributed by atoms with van der Waals surface area (Å²) < 4.78 is 10.9. The third-order valence-corrected chi connectivity index (χ3v) is 7.09. The van der Waals surface area contributed by atoms with Crippen molar-refractivity contribution in [3.8, 4) is 17.2 Å². The maximum absolute atomic E-state index is 13.4. The molecule has 1 aromatic heterocycles. The lowest BCUT2D eigenvalue weighted by Crippen LogP contribution is -2.31. The van der Waals surface area contributed by atoms with Crippen molar-refractivity contribution < 1.29 is 34.2 Å². The first kappa shape index (κ1) is 27.3. The second kappa shape index (κ2) is 11.0. The standard InChI is InChI=1S/C30H27N3O8/c1-3-41-25-14-18(6-11-24(25)34)27-26(28(35)17-4-7-20(8-5-17)33(38)39)29(36)30(37)32(27)13-12-19-16-31-23-10-9-21(40-2)15-22(19)23/h4-11,14-16,27,31,34-35H,3,12-13H2,1-2H3/b28-26-. The Kier molecular flexibility index (Phi) is 7.34. The first-order valence-corrected chi connectivity index (χ1v) is 12.9. The van der Waals surface area contributed by atoms with Crippen LogP contribution in [0, 0.1) is 10.1 Å². The van der Waals surface area contributed by atoms with Crippen molar-refractivity contribution in [2.75, 3.05) is 20.3 Å². The van der Waals surface area contributed by atoms with Crippen molar-refractivity contribution in [1.29, 1.82) is 0 Å². The molecule has 0 bridgehead atoms. The Morgan fingerprint density at radius 2 is 1.85 bits per heavy atom. The van der Waals surface area contributed by atoms with E-state index in [-0.39, 0.29) is 41.5 Å². The summed E-state index contributed by atoms with van der Waals surface area (Å²) in [5.74, 6) is -1.44. The zero-order valence-corrected chi connectivity index (χ0v) is 22.3. The number of nitro benzene ring substituents is 1. The van der Waals surface area contributed by atoms with E-state index >= 15 is 0 Å². The maximum Gasteiger partial charge on any atom is 0.295 e. The van der Waals surface area contributed by atoms with Crippen molar-refractivity contribution in [1.82, 2.24) is 9.88 Å². The fourth-order valence-corrected chi connectivity index (χ4v) is 5.06. The van der Waals surface area contributed by atoms with E-state index in [2.05, 4.69) is 4.98 Å². The molecule has 0 aliphatic carbocycles. The summed E-state index contributed by atoms with van der Waals surface area (Å²) in [5, 5.41) is 33.6. The van der Waals surface area contributed by atoms with Gasteiger partial charge in [0, 0.05) is 41.3 Å². The number of ether oxygens (including phenoxy) is 2. The number of Topliss-reactive ketones (excluding diaryl/α,β-unsaturated/α-hetero) is 1. The number of aromatic nitrogens is 1. The van der Waals surface area contributed by atoms with Gasteiger partial charge < -0.3 is 29.6 Å². The highest BCUT2D eigenvalue weighted by Crippen LogP contribution is 2.42. The molecule has 1 atom stereocenters. The van der Waals surface area contributed by atoms with Crippen molar-refractivity contribution in [2.24, 2.45) is 0 Å². The number of ketones is 1. The molecule has 41 heavy (non-hydrogen) atoms. The van der Waals surface area contributed by atoms with Gasteiger partial charge in [0.2, 0.25) is 0 Å². The molecule has 0 radical (unpaired) electrons. The van der Waals surface area contributed by atoms with Crippen LogP contribution in [0.4, 0.5) is 5.69 Å². The minimum Gasteiger partial charge on any atom is -0.507 e. The molecule has 3 N–H and O–H groups in total. The normalized spacial score (nSPS) is 16.3. The van der Waals surface area contributed by atoms with Crippen LogP contribution in [0.5, 0.6) is 17.2 Å². The molecule has 1 aliphatic rings. The molecule has 0 saturated carbocycles. The number of nitrogens with zero attached hydrogens (tertiary/aromatic N) is 2. The molecule has 210 valence electrons. The number of aliphatic hydroxyl groups excluding tert-OH is 1. The van der Waals surface area contributed by atoms with Gasteiger partial charge in [-0.05, 0) is 66.9 Å². The monoisotopic (exact) mass is 557 g/mol. The number of aromatic amines is 1. The van der Waals surface area contributed by atoms with Crippen LogP contribution in [0.2, 0.25) is 0 Å². The Hall–Kier alpha value is -5.32. The van der Waals surface area contributed by atoms with Gasteiger partial charge in [0.15, 0.2) is 11.5 Å². The first-order valence-electron chi connectivity index (χ1n) is 12.9. The van der Waals surface area contributed by atoms with Gasteiger partial charge in [-0.1, -0.05) is 6.07 Å². The third-order valence-electron chi connectivity index (χ3n) is 7.09. The lowest BCUT2D eigenvalue weighted by Gasteiger charge is -2.26. The SMILES string of the molecule is CCOc1cc(C2/C(=C(/O)c3ccc([N+](=O)[O-])cc3)C(=O)C(=O)N2CCc2c[nH]c3ccc(OC)cc23)ccc1O. The predicted molar refractivity (Wildman–Crippen MR) is 150 cm³/mol. The molecule has 1 fully saturated rings. The number of benzene rings is 3. The number of amides is 1. The fraction of sp³-hybridized carbons (Fsp3) is 0.200. The second-order valence-electron chi connectivity index (χ2n) is 9.43.